The quantitative estimate of drug-likeness (QED) is 0.527. The van der Waals surface area contributed by atoms with E-state index in [1.165, 1.54) is 6.07 Å². The maximum Gasteiger partial charge on any atom is 0.292 e. The Bertz CT molecular complexity index is 733. The summed E-state index contributed by atoms with van der Waals surface area (Å²) in [5, 5.41) is 23.0. The number of nitro benzene ring substituents is 1. The van der Waals surface area contributed by atoms with Crippen LogP contribution < -0.4 is 5.32 Å². The largest absolute Gasteiger partial charge is 0.383 e. The van der Waals surface area contributed by atoms with Crippen LogP contribution in [0.25, 0.3) is 11.6 Å². The average Bonchev–Trinajstić information content (AvgIpc) is 2.53. The highest BCUT2D eigenvalue weighted by atomic mass is 16.6. The van der Waals surface area contributed by atoms with Crippen LogP contribution in [0.2, 0.25) is 0 Å². The lowest BCUT2D eigenvalue weighted by molar-refractivity contribution is -0.383. The van der Waals surface area contributed by atoms with Crippen LogP contribution in [0.5, 0.6) is 0 Å². The second-order valence-electron chi connectivity index (χ2n) is 4.17. The normalized spacial score (nSPS) is 10.8. The minimum Gasteiger partial charge on any atom is -0.383 e. The van der Waals surface area contributed by atoms with Crippen molar-refractivity contribution in [3.63, 3.8) is 0 Å². The van der Waals surface area contributed by atoms with E-state index in [0.717, 1.165) is 0 Å². The zero-order chi connectivity index (χ0) is 15.2. The topological polar surface area (TPSA) is 91.8 Å². The third-order valence-corrected chi connectivity index (χ3v) is 2.86. The molecule has 0 fully saturated rings. The highest BCUT2D eigenvalue weighted by Crippen LogP contribution is 2.27. The molecule has 1 aromatic carbocycles. The van der Waals surface area contributed by atoms with Crippen LogP contribution in [0.1, 0.15) is 11.3 Å². The first kappa shape index (κ1) is 14.2. The Morgan fingerprint density at radius 2 is 2.24 bits per heavy atom. The van der Waals surface area contributed by atoms with E-state index in [4.69, 9.17) is 0 Å². The van der Waals surface area contributed by atoms with Gasteiger partial charge in [0.2, 0.25) is 0 Å². The van der Waals surface area contributed by atoms with Crippen molar-refractivity contribution in [1.29, 1.82) is 5.26 Å². The Morgan fingerprint density at radius 1 is 1.43 bits per heavy atom. The minimum absolute atomic E-state index is 0.0374. The molecular weight excluding hydrogens is 268 g/mol. The van der Waals surface area contributed by atoms with Crippen molar-refractivity contribution in [2.24, 2.45) is 0 Å². The number of nitrogens with one attached hydrogen (secondary N) is 1. The summed E-state index contributed by atoms with van der Waals surface area (Å²) in [7, 11) is 1.62. The molecule has 21 heavy (non-hydrogen) atoms. The minimum atomic E-state index is -0.462. The van der Waals surface area contributed by atoms with E-state index in [9.17, 15) is 15.4 Å². The number of nitro groups is 1. The third kappa shape index (κ3) is 3.22. The Labute approximate surface area is 121 Å². The van der Waals surface area contributed by atoms with Gasteiger partial charge in [-0.1, -0.05) is 12.1 Å². The summed E-state index contributed by atoms with van der Waals surface area (Å²) < 4.78 is 0. The van der Waals surface area contributed by atoms with Gasteiger partial charge in [0.1, 0.15) is 11.8 Å². The lowest BCUT2D eigenvalue weighted by atomic mass is 10.1. The molecule has 0 amide bonds. The Morgan fingerprint density at radius 3 is 2.81 bits per heavy atom. The molecule has 1 heterocycles. The van der Waals surface area contributed by atoms with Crippen molar-refractivity contribution in [2.45, 2.75) is 0 Å². The standard InChI is InChI=1S/C15H12N4O2/c1-17-14-6-5-11(9-15(14)19(20)21)8-12(10-16)13-4-2-3-7-18-13/h2-9,17H,1H3/b12-8+. The average molecular weight is 280 g/mol. The number of rotatable bonds is 4. The van der Waals surface area contributed by atoms with Gasteiger partial charge in [0.25, 0.3) is 5.69 Å². The van der Waals surface area contributed by atoms with E-state index in [1.54, 1.807) is 49.7 Å². The molecular formula is C15H12N4O2. The molecule has 0 aliphatic carbocycles. The van der Waals surface area contributed by atoms with Gasteiger partial charge in [-0.25, -0.2) is 0 Å². The second kappa shape index (κ2) is 6.30. The fraction of sp³-hybridized carbons (Fsp3) is 0.0667. The second-order valence-corrected chi connectivity index (χ2v) is 4.17. The molecule has 1 N–H and O–H groups in total. The third-order valence-electron chi connectivity index (χ3n) is 2.86. The zero-order valence-electron chi connectivity index (χ0n) is 11.3. The Balaban J connectivity index is 2.47. The van der Waals surface area contributed by atoms with Gasteiger partial charge in [0.15, 0.2) is 0 Å². The molecule has 0 aliphatic rings. The molecule has 0 spiro atoms. The van der Waals surface area contributed by atoms with Crippen LogP contribution in [0.4, 0.5) is 11.4 Å². The molecule has 6 nitrogen and oxygen atoms in total. The van der Waals surface area contributed by atoms with Crippen molar-refractivity contribution in [2.75, 3.05) is 12.4 Å². The van der Waals surface area contributed by atoms with Crippen molar-refractivity contribution < 1.29 is 4.92 Å². The lowest BCUT2D eigenvalue weighted by Crippen LogP contribution is -1.96. The van der Waals surface area contributed by atoms with Crippen molar-refractivity contribution in [3.8, 4) is 6.07 Å². The van der Waals surface area contributed by atoms with Crippen LogP contribution in [-0.2, 0) is 0 Å². The first-order valence-corrected chi connectivity index (χ1v) is 6.15. The molecule has 6 heteroatoms. The number of nitriles is 1. The molecule has 0 bridgehead atoms. The van der Waals surface area contributed by atoms with Crippen molar-refractivity contribution in [1.82, 2.24) is 4.98 Å². The van der Waals surface area contributed by atoms with Gasteiger partial charge in [-0.05, 0) is 29.8 Å². The zero-order valence-corrected chi connectivity index (χ0v) is 11.3. The van der Waals surface area contributed by atoms with E-state index in [-0.39, 0.29) is 5.69 Å². The summed E-state index contributed by atoms with van der Waals surface area (Å²) in [6.45, 7) is 0. The van der Waals surface area contributed by atoms with Crippen LogP contribution in [-0.4, -0.2) is 17.0 Å². The van der Waals surface area contributed by atoms with Crippen LogP contribution in [0.3, 0.4) is 0 Å². The molecule has 2 rings (SSSR count). The van der Waals surface area contributed by atoms with Crippen LogP contribution >= 0.6 is 0 Å². The van der Waals surface area contributed by atoms with Crippen LogP contribution in [0.15, 0.2) is 42.6 Å². The van der Waals surface area contributed by atoms with Gasteiger partial charge in [0, 0.05) is 19.3 Å². The molecule has 0 saturated heterocycles. The summed E-state index contributed by atoms with van der Waals surface area (Å²) in [5.74, 6) is 0. The molecule has 104 valence electrons. The van der Waals surface area contributed by atoms with Gasteiger partial charge < -0.3 is 5.32 Å². The smallest absolute Gasteiger partial charge is 0.292 e. The van der Waals surface area contributed by atoms with E-state index in [2.05, 4.69) is 16.4 Å². The number of allylic oxidation sites excluding steroid dienone is 1. The van der Waals surface area contributed by atoms with Crippen LogP contribution in [0, 0.1) is 21.4 Å². The molecule has 2 aromatic rings. The Hall–Kier alpha value is -3.20. The van der Waals surface area contributed by atoms with E-state index in [0.29, 0.717) is 22.5 Å². The molecule has 0 radical (unpaired) electrons. The predicted molar refractivity (Wildman–Crippen MR) is 80.4 cm³/mol. The predicted octanol–water partition coefficient (Wildman–Crippen LogP) is 3.10. The molecule has 0 aliphatic heterocycles. The monoisotopic (exact) mass is 280 g/mol. The highest BCUT2D eigenvalue weighted by molar-refractivity contribution is 5.89. The first-order chi connectivity index (χ1) is 10.2. The summed E-state index contributed by atoms with van der Waals surface area (Å²) in [6.07, 6.45) is 3.17. The SMILES string of the molecule is CNc1ccc(/C=C(\C#N)c2ccccn2)cc1[N+](=O)[O-]. The summed E-state index contributed by atoms with van der Waals surface area (Å²) in [4.78, 5) is 14.7. The lowest BCUT2D eigenvalue weighted by Gasteiger charge is -2.03. The fourth-order valence-corrected chi connectivity index (χ4v) is 1.85. The number of anilines is 1. The van der Waals surface area contributed by atoms with Gasteiger partial charge in [-0.15, -0.1) is 0 Å². The van der Waals surface area contributed by atoms with E-state index in [1.807, 2.05) is 0 Å². The fourth-order valence-electron chi connectivity index (χ4n) is 1.85. The Kier molecular flexibility index (Phi) is 4.26. The summed E-state index contributed by atoms with van der Waals surface area (Å²) in [6, 6.07) is 12.0. The maximum absolute atomic E-state index is 11.0. The number of benzene rings is 1. The highest BCUT2D eigenvalue weighted by Gasteiger charge is 2.13. The van der Waals surface area contributed by atoms with E-state index < -0.39 is 4.92 Å². The first-order valence-electron chi connectivity index (χ1n) is 6.15. The van der Waals surface area contributed by atoms with Gasteiger partial charge >= 0.3 is 0 Å². The summed E-state index contributed by atoms with van der Waals surface area (Å²) >= 11 is 0. The number of aromatic nitrogens is 1. The van der Waals surface area contributed by atoms with Crippen molar-refractivity contribution >= 4 is 23.0 Å². The van der Waals surface area contributed by atoms with Crippen molar-refractivity contribution in [3.05, 3.63) is 64.0 Å². The number of nitrogens with zero attached hydrogens (tertiary/aromatic N) is 3. The number of hydrogen-bond acceptors (Lipinski definition) is 5. The molecule has 0 unspecified atom stereocenters. The number of pyridine rings is 1. The van der Waals surface area contributed by atoms with Gasteiger partial charge in [-0.2, -0.15) is 5.26 Å². The van der Waals surface area contributed by atoms with E-state index >= 15 is 0 Å². The molecule has 0 atom stereocenters. The maximum atomic E-state index is 11.0. The molecule has 0 saturated carbocycles. The van der Waals surface area contributed by atoms with Gasteiger partial charge in [0.05, 0.1) is 16.2 Å². The summed E-state index contributed by atoms with van der Waals surface area (Å²) in [5.41, 5.74) is 1.84. The number of hydrogen-bond donors (Lipinski definition) is 1. The molecule has 1 aromatic heterocycles. The van der Waals surface area contributed by atoms with Gasteiger partial charge in [-0.3, -0.25) is 15.1 Å².